The first-order valence-electron chi connectivity index (χ1n) is 7.26. The smallest absolute Gasteiger partial charge is 0.254 e. The first-order chi connectivity index (χ1) is 9.84. The zero-order chi connectivity index (χ0) is 13.8. The van der Waals surface area contributed by atoms with Gasteiger partial charge in [-0.15, -0.1) is 0 Å². The lowest BCUT2D eigenvalue weighted by molar-refractivity contribution is 0.0763. The molecular formula is C18H19NO. The average molecular weight is 265 g/mol. The van der Waals surface area contributed by atoms with Gasteiger partial charge in [-0.1, -0.05) is 48.5 Å². The maximum Gasteiger partial charge on any atom is 0.254 e. The van der Waals surface area contributed by atoms with Crippen molar-refractivity contribution in [3.8, 4) is 0 Å². The fourth-order valence-electron chi connectivity index (χ4n) is 2.80. The molecule has 0 saturated carbocycles. The van der Waals surface area contributed by atoms with E-state index in [0.29, 0.717) is 0 Å². The minimum atomic E-state index is 0.189. The summed E-state index contributed by atoms with van der Waals surface area (Å²) in [5.41, 5.74) is 3.37. The summed E-state index contributed by atoms with van der Waals surface area (Å²) in [5.74, 6) is 0.189. The molecule has 0 bridgehead atoms. The molecule has 1 aliphatic heterocycles. The second-order valence-corrected chi connectivity index (χ2v) is 5.29. The van der Waals surface area contributed by atoms with Crippen LogP contribution in [0.5, 0.6) is 0 Å². The number of aryl methyl sites for hydroxylation is 1. The first kappa shape index (κ1) is 12.9. The van der Waals surface area contributed by atoms with Gasteiger partial charge in [0.25, 0.3) is 5.91 Å². The van der Waals surface area contributed by atoms with Crippen LogP contribution in [0, 0.1) is 0 Å². The molecule has 0 aromatic heterocycles. The summed E-state index contributed by atoms with van der Waals surface area (Å²) in [6.07, 6.45) is 2.98. The lowest BCUT2D eigenvalue weighted by Gasteiger charge is -2.21. The second-order valence-electron chi connectivity index (χ2n) is 5.29. The number of carbonyl (C=O) groups excluding carboxylic acids is 1. The predicted molar refractivity (Wildman–Crippen MR) is 80.8 cm³/mol. The number of hydrogen-bond acceptors (Lipinski definition) is 1. The normalized spacial score (nSPS) is 14.8. The van der Waals surface area contributed by atoms with Crippen LogP contribution in [0.1, 0.15) is 27.9 Å². The number of fused-ring (bicyclic) bond motifs is 1. The van der Waals surface area contributed by atoms with Crippen LogP contribution in [0.15, 0.2) is 54.6 Å². The molecule has 3 rings (SSSR count). The van der Waals surface area contributed by atoms with Gasteiger partial charge in [0.1, 0.15) is 0 Å². The SMILES string of the molecule is O=C1c2ccccc2CCCN1CCc1ccccc1. The van der Waals surface area contributed by atoms with Gasteiger partial charge in [-0.05, 0) is 36.5 Å². The third-order valence-corrected chi connectivity index (χ3v) is 3.92. The van der Waals surface area contributed by atoms with Crippen molar-refractivity contribution >= 4 is 5.91 Å². The molecule has 0 fully saturated rings. The summed E-state index contributed by atoms with van der Waals surface area (Å²) in [6.45, 7) is 1.66. The average Bonchev–Trinajstić information content (AvgIpc) is 2.66. The molecule has 1 aliphatic rings. The van der Waals surface area contributed by atoms with Gasteiger partial charge in [-0.2, -0.15) is 0 Å². The molecule has 0 spiro atoms. The monoisotopic (exact) mass is 265 g/mol. The van der Waals surface area contributed by atoms with Crippen LogP contribution in [0.25, 0.3) is 0 Å². The topological polar surface area (TPSA) is 20.3 Å². The van der Waals surface area contributed by atoms with Gasteiger partial charge in [0.05, 0.1) is 0 Å². The molecule has 2 aromatic carbocycles. The molecule has 102 valence electrons. The standard InChI is InChI=1S/C18H19NO/c20-18-17-11-5-4-9-16(17)10-6-13-19(18)14-12-15-7-2-1-3-8-15/h1-5,7-9,11H,6,10,12-14H2. The largest absolute Gasteiger partial charge is 0.338 e. The van der Waals surface area contributed by atoms with Crippen LogP contribution in [-0.4, -0.2) is 23.9 Å². The summed E-state index contributed by atoms with van der Waals surface area (Å²) in [6, 6.07) is 18.4. The maximum absolute atomic E-state index is 12.6. The fourth-order valence-corrected chi connectivity index (χ4v) is 2.80. The highest BCUT2D eigenvalue weighted by molar-refractivity contribution is 5.96. The summed E-state index contributed by atoms with van der Waals surface area (Å²) in [7, 11) is 0. The Balaban J connectivity index is 1.73. The molecular weight excluding hydrogens is 246 g/mol. The van der Waals surface area contributed by atoms with Gasteiger partial charge < -0.3 is 4.90 Å². The van der Waals surface area contributed by atoms with Gasteiger partial charge in [0.15, 0.2) is 0 Å². The van der Waals surface area contributed by atoms with Crippen molar-refractivity contribution in [1.82, 2.24) is 4.90 Å². The molecule has 1 heterocycles. The molecule has 0 saturated heterocycles. The Bertz CT molecular complexity index is 591. The Morgan fingerprint density at radius 3 is 2.55 bits per heavy atom. The fraction of sp³-hybridized carbons (Fsp3) is 0.278. The van der Waals surface area contributed by atoms with Crippen molar-refractivity contribution in [2.24, 2.45) is 0 Å². The molecule has 20 heavy (non-hydrogen) atoms. The van der Waals surface area contributed by atoms with E-state index < -0.39 is 0 Å². The molecule has 0 aliphatic carbocycles. The van der Waals surface area contributed by atoms with Crippen LogP contribution in [0.2, 0.25) is 0 Å². The molecule has 0 atom stereocenters. The molecule has 0 N–H and O–H groups in total. The van der Waals surface area contributed by atoms with E-state index in [1.54, 1.807) is 0 Å². The van der Waals surface area contributed by atoms with E-state index in [4.69, 9.17) is 0 Å². The van der Waals surface area contributed by atoms with Crippen molar-refractivity contribution < 1.29 is 4.79 Å². The lowest BCUT2D eigenvalue weighted by Crippen LogP contribution is -2.32. The summed E-state index contributed by atoms with van der Waals surface area (Å²) >= 11 is 0. The van der Waals surface area contributed by atoms with E-state index in [9.17, 15) is 4.79 Å². The Hall–Kier alpha value is -2.09. The highest BCUT2D eigenvalue weighted by atomic mass is 16.2. The quantitative estimate of drug-likeness (QED) is 0.833. The summed E-state index contributed by atoms with van der Waals surface area (Å²) in [5, 5.41) is 0. The highest BCUT2D eigenvalue weighted by Gasteiger charge is 2.21. The Morgan fingerprint density at radius 1 is 0.950 bits per heavy atom. The Kier molecular flexibility index (Phi) is 3.82. The molecule has 2 heteroatoms. The van der Waals surface area contributed by atoms with Gasteiger partial charge >= 0.3 is 0 Å². The van der Waals surface area contributed by atoms with Crippen LogP contribution >= 0.6 is 0 Å². The minimum absolute atomic E-state index is 0.189. The van der Waals surface area contributed by atoms with E-state index in [1.807, 2.05) is 29.2 Å². The van der Waals surface area contributed by atoms with E-state index in [2.05, 4.69) is 30.3 Å². The van der Waals surface area contributed by atoms with Crippen LogP contribution in [-0.2, 0) is 12.8 Å². The molecule has 0 radical (unpaired) electrons. The van der Waals surface area contributed by atoms with E-state index in [0.717, 1.165) is 37.9 Å². The number of carbonyl (C=O) groups is 1. The van der Waals surface area contributed by atoms with Crippen molar-refractivity contribution in [1.29, 1.82) is 0 Å². The zero-order valence-electron chi connectivity index (χ0n) is 11.6. The Morgan fingerprint density at radius 2 is 1.70 bits per heavy atom. The van der Waals surface area contributed by atoms with Gasteiger partial charge in [-0.25, -0.2) is 0 Å². The van der Waals surface area contributed by atoms with E-state index in [-0.39, 0.29) is 5.91 Å². The van der Waals surface area contributed by atoms with Crippen molar-refractivity contribution in [3.63, 3.8) is 0 Å². The van der Waals surface area contributed by atoms with Crippen molar-refractivity contribution in [3.05, 3.63) is 71.3 Å². The number of amides is 1. The van der Waals surface area contributed by atoms with Crippen LogP contribution in [0.4, 0.5) is 0 Å². The number of rotatable bonds is 3. The predicted octanol–water partition coefficient (Wildman–Crippen LogP) is 3.32. The van der Waals surface area contributed by atoms with E-state index in [1.165, 1.54) is 11.1 Å². The maximum atomic E-state index is 12.6. The number of benzene rings is 2. The molecule has 2 nitrogen and oxygen atoms in total. The van der Waals surface area contributed by atoms with Crippen molar-refractivity contribution in [2.45, 2.75) is 19.3 Å². The summed E-state index contributed by atoms with van der Waals surface area (Å²) in [4.78, 5) is 14.6. The molecule has 2 aromatic rings. The van der Waals surface area contributed by atoms with Crippen molar-refractivity contribution in [2.75, 3.05) is 13.1 Å². The zero-order valence-corrected chi connectivity index (χ0v) is 11.6. The lowest BCUT2D eigenvalue weighted by atomic mass is 10.0. The molecule has 1 amide bonds. The Labute approximate surface area is 120 Å². The highest BCUT2D eigenvalue weighted by Crippen LogP contribution is 2.18. The number of hydrogen-bond donors (Lipinski definition) is 0. The van der Waals surface area contributed by atoms with Gasteiger partial charge in [0.2, 0.25) is 0 Å². The number of nitrogens with zero attached hydrogens (tertiary/aromatic N) is 1. The van der Waals surface area contributed by atoms with Crippen LogP contribution < -0.4 is 0 Å². The summed E-state index contributed by atoms with van der Waals surface area (Å²) < 4.78 is 0. The first-order valence-corrected chi connectivity index (χ1v) is 7.26. The third-order valence-electron chi connectivity index (χ3n) is 3.92. The van der Waals surface area contributed by atoms with Gasteiger partial charge in [0, 0.05) is 18.7 Å². The second kappa shape index (κ2) is 5.91. The molecule has 0 unspecified atom stereocenters. The van der Waals surface area contributed by atoms with E-state index >= 15 is 0 Å². The van der Waals surface area contributed by atoms with Crippen LogP contribution in [0.3, 0.4) is 0 Å². The third kappa shape index (κ3) is 2.74. The minimum Gasteiger partial charge on any atom is -0.338 e. The van der Waals surface area contributed by atoms with Gasteiger partial charge in [-0.3, -0.25) is 4.79 Å².